The molecule has 0 bridgehead atoms. The second-order valence-corrected chi connectivity index (χ2v) is 6.97. The van der Waals surface area contributed by atoms with E-state index in [9.17, 15) is 4.79 Å². The molecule has 1 N–H and O–H groups in total. The van der Waals surface area contributed by atoms with Crippen LogP contribution in [0.2, 0.25) is 5.02 Å². The number of halogens is 1. The third kappa shape index (κ3) is 2.42. The van der Waals surface area contributed by atoms with Gasteiger partial charge in [-0.05, 0) is 37.1 Å². The Balaban J connectivity index is 1.60. The van der Waals surface area contributed by atoms with E-state index in [0.29, 0.717) is 35.3 Å². The van der Waals surface area contributed by atoms with Gasteiger partial charge in [0.15, 0.2) is 11.5 Å². The number of hydrogen-bond acceptors (Lipinski definition) is 4. The number of benzene rings is 2. The van der Waals surface area contributed by atoms with Crippen LogP contribution < -0.4 is 14.8 Å². The Labute approximate surface area is 150 Å². The van der Waals surface area contributed by atoms with Crippen molar-refractivity contribution in [3.8, 4) is 11.5 Å². The van der Waals surface area contributed by atoms with Crippen LogP contribution in [0.25, 0.3) is 0 Å². The highest BCUT2D eigenvalue weighted by Crippen LogP contribution is 2.45. The van der Waals surface area contributed by atoms with Crippen LogP contribution in [0.5, 0.6) is 11.5 Å². The normalized spacial score (nSPS) is 21.6. The van der Waals surface area contributed by atoms with E-state index < -0.39 is 0 Å². The number of amides is 1. The first-order chi connectivity index (χ1) is 12.2. The monoisotopic (exact) mass is 356 g/mol. The molecule has 2 aromatic rings. The van der Waals surface area contributed by atoms with Crippen LogP contribution in [0.4, 0.5) is 5.69 Å². The van der Waals surface area contributed by atoms with Crippen LogP contribution in [-0.2, 0) is 0 Å². The molecule has 6 heteroatoms. The Hall–Kier alpha value is -2.40. The lowest BCUT2D eigenvalue weighted by Crippen LogP contribution is -2.44. The van der Waals surface area contributed by atoms with Crippen molar-refractivity contribution in [3.05, 3.63) is 52.5 Å². The van der Waals surface area contributed by atoms with Gasteiger partial charge in [-0.25, -0.2) is 0 Å². The highest BCUT2D eigenvalue weighted by atomic mass is 35.5. The number of para-hydroxylation sites is 1. The molecule has 1 amide bonds. The summed E-state index contributed by atoms with van der Waals surface area (Å²) in [5.41, 5.74) is 2.47. The third-order valence-electron chi connectivity index (χ3n) is 4.84. The average Bonchev–Trinajstić information content (AvgIpc) is 3.46. The Morgan fingerprint density at radius 3 is 2.76 bits per heavy atom. The lowest BCUT2D eigenvalue weighted by molar-refractivity contribution is 0.0666. The molecule has 1 aliphatic carbocycles. The number of nitrogens with zero attached hydrogens (tertiary/aromatic N) is 1. The van der Waals surface area contributed by atoms with Crippen molar-refractivity contribution in [2.24, 2.45) is 0 Å². The summed E-state index contributed by atoms with van der Waals surface area (Å²) in [5.74, 6) is 1.28. The summed E-state index contributed by atoms with van der Waals surface area (Å²) >= 11 is 6.41. The van der Waals surface area contributed by atoms with Gasteiger partial charge < -0.3 is 19.7 Å². The van der Waals surface area contributed by atoms with Gasteiger partial charge in [0.2, 0.25) is 0 Å². The van der Waals surface area contributed by atoms with Gasteiger partial charge in [-0.1, -0.05) is 23.7 Å². The van der Waals surface area contributed by atoms with Crippen LogP contribution in [0.15, 0.2) is 36.4 Å². The van der Waals surface area contributed by atoms with Crippen molar-refractivity contribution >= 4 is 23.2 Å². The van der Waals surface area contributed by atoms with Crippen LogP contribution in [0.1, 0.15) is 34.9 Å². The lowest BCUT2D eigenvalue weighted by Gasteiger charge is -2.38. The fourth-order valence-electron chi connectivity index (χ4n) is 3.53. The van der Waals surface area contributed by atoms with Crippen molar-refractivity contribution in [1.82, 2.24) is 4.90 Å². The standard InChI is InChI=1S/C19H17ClN2O3/c20-14-9-11(10-16-17(14)25-8-7-24-16)18-21-15-4-2-1-3-13(15)19(23)22(18)12-5-6-12/h1-4,9-10,12,18,21H,5-8H2/t18-/m0/s1. The molecule has 5 rings (SSSR count). The second-order valence-electron chi connectivity index (χ2n) is 6.56. The summed E-state index contributed by atoms with van der Waals surface area (Å²) in [6, 6.07) is 11.7. The molecule has 1 atom stereocenters. The fourth-order valence-corrected chi connectivity index (χ4v) is 3.80. The van der Waals surface area contributed by atoms with Crippen LogP contribution in [0.3, 0.4) is 0 Å². The van der Waals surface area contributed by atoms with E-state index in [1.54, 1.807) is 0 Å². The lowest BCUT2D eigenvalue weighted by atomic mass is 10.0. The number of carbonyl (C=O) groups is 1. The fraction of sp³-hybridized carbons (Fsp3) is 0.316. The van der Waals surface area contributed by atoms with E-state index in [2.05, 4.69) is 5.32 Å². The number of ether oxygens (including phenoxy) is 2. The molecule has 0 aromatic heterocycles. The summed E-state index contributed by atoms with van der Waals surface area (Å²) in [7, 11) is 0. The van der Waals surface area contributed by atoms with Crippen LogP contribution in [-0.4, -0.2) is 30.1 Å². The van der Waals surface area contributed by atoms with Gasteiger partial charge in [-0.3, -0.25) is 4.79 Å². The maximum absolute atomic E-state index is 13.1. The predicted molar refractivity (Wildman–Crippen MR) is 94.4 cm³/mol. The first-order valence-electron chi connectivity index (χ1n) is 8.49. The molecule has 5 nitrogen and oxygen atoms in total. The molecule has 25 heavy (non-hydrogen) atoms. The van der Waals surface area contributed by atoms with Crippen molar-refractivity contribution in [2.75, 3.05) is 18.5 Å². The SMILES string of the molecule is O=C1c2ccccc2N[C@H](c2cc(Cl)c3c(c2)OCCO3)N1C1CC1. The van der Waals surface area contributed by atoms with E-state index in [0.717, 1.165) is 24.1 Å². The zero-order valence-electron chi connectivity index (χ0n) is 13.5. The summed E-state index contributed by atoms with van der Waals surface area (Å²) in [6.45, 7) is 0.993. The molecule has 0 radical (unpaired) electrons. The quantitative estimate of drug-likeness (QED) is 0.888. The Morgan fingerprint density at radius 2 is 1.92 bits per heavy atom. The van der Waals surface area contributed by atoms with Gasteiger partial charge in [0, 0.05) is 17.3 Å². The zero-order chi connectivity index (χ0) is 17.0. The van der Waals surface area contributed by atoms with Gasteiger partial charge in [0.25, 0.3) is 5.91 Å². The highest BCUT2D eigenvalue weighted by molar-refractivity contribution is 6.32. The van der Waals surface area contributed by atoms with Gasteiger partial charge >= 0.3 is 0 Å². The topological polar surface area (TPSA) is 50.8 Å². The molecule has 128 valence electrons. The minimum Gasteiger partial charge on any atom is -0.486 e. The molecule has 2 aliphatic heterocycles. The van der Waals surface area contributed by atoms with Gasteiger partial charge in [0.1, 0.15) is 19.4 Å². The molecular weight excluding hydrogens is 340 g/mol. The number of fused-ring (bicyclic) bond motifs is 2. The molecule has 1 saturated carbocycles. The minimum atomic E-state index is -0.261. The summed E-state index contributed by atoms with van der Waals surface area (Å²) in [5, 5.41) is 4.01. The first kappa shape index (κ1) is 14.9. The number of anilines is 1. The van der Waals surface area contributed by atoms with Gasteiger partial charge in [-0.15, -0.1) is 0 Å². The van der Waals surface area contributed by atoms with E-state index in [1.165, 1.54) is 0 Å². The van der Waals surface area contributed by atoms with Crippen LogP contribution >= 0.6 is 11.6 Å². The highest BCUT2D eigenvalue weighted by Gasteiger charge is 2.42. The Bertz CT molecular complexity index is 866. The zero-order valence-corrected chi connectivity index (χ0v) is 14.3. The predicted octanol–water partition coefficient (Wildman–Crippen LogP) is 3.84. The van der Waals surface area contributed by atoms with E-state index in [1.807, 2.05) is 41.3 Å². The molecule has 0 saturated heterocycles. The maximum atomic E-state index is 13.1. The summed E-state index contributed by atoms with van der Waals surface area (Å²) in [6.07, 6.45) is 1.80. The van der Waals surface area contributed by atoms with E-state index in [-0.39, 0.29) is 18.1 Å². The number of nitrogens with one attached hydrogen (secondary N) is 1. The Kier molecular flexibility index (Phi) is 3.31. The van der Waals surface area contributed by atoms with Crippen molar-refractivity contribution in [3.63, 3.8) is 0 Å². The third-order valence-corrected chi connectivity index (χ3v) is 5.12. The van der Waals surface area contributed by atoms with E-state index in [4.69, 9.17) is 21.1 Å². The Morgan fingerprint density at radius 1 is 1.12 bits per heavy atom. The number of rotatable bonds is 2. The largest absolute Gasteiger partial charge is 0.486 e. The number of hydrogen-bond donors (Lipinski definition) is 1. The molecular formula is C19H17ClN2O3. The summed E-state index contributed by atoms with van der Waals surface area (Å²) in [4.78, 5) is 15.0. The van der Waals surface area contributed by atoms with Gasteiger partial charge in [-0.2, -0.15) is 0 Å². The first-order valence-corrected chi connectivity index (χ1v) is 8.87. The number of carbonyl (C=O) groups excluding carboxylic acids is 1. The molecule has 2 aromatic carbocycles. The molecule has 2 heterocycles. The molecule has 1 fully saturated rings. The van der Waals surface area contributed by atoms with Crippen molar-refractivity contribution in [1.29, 1.82) is 0 Å². The molecule has 0 unspecified atom stereocenters. The molecule has 0 spiro atoms. The van der Waals surface area contributed by atoms with Crippen LogP contribution in [0, 0.1) is 0 Å². The van der Waals surface area contributed by atoms with Crippen molar-refractivity contribution < 1.29 is 14.3 Å². The van der Waals surface area contributed by atoms with E-state index >= 15 is 0 Å². The smallest absolute Gasteiger partial charge is 0.258 e. The minimum absolute atomic E-state index is 0.0628. The molecule has 3 aliphatic rings. The average molecular weight is 357 g/mol. The van der Waals surface area contributed by atoms with Gasteiger partial charge in [0.05, 0.1) is 10.6 Å². The summed E-state index contributed by atoms with van der Waals surface area (Å²) < 4.78 is 11.3. The van der Waals surface area contributed by atoms with Crippen molar-refractivity contribution in [2.45, 2.75) is 25.0 Å². The maximum Gasteiger partial charge on any atom is 0.258 e. The second kappa shape index (κ2) is 5.56.